The molecule has 0 atom stereocenters. The van der Waals surface area contributed by atoms with Crippen LogP contribution in [-0.4, -0.2) is 10.5 Å². The third kappa shape index (κ3) is 3.03. The van der Waals surface area contributed by atoms with Gasteiger partial charge in [0.15, 0.2) is 0 Å². The number of para-hydroxylation sites is 1. The summed E-state index contributed by atoms with van der Waals surface area (Å²) in [7, 11) is 0. The first kappa shape index (κ1) is 14.4. The van der Waals surface area contributed by atoms with Gasteiger partial charge in [0.1, 0.15) is 6.54 Å². The number of fused-ring (bicyclic) bond motifs is 1. The van der Waals surface area contributed by atoms with Crippen LogP contribution in [0.25, 0.3) is 10.9 Å². The highest BCUT2D eigenvalue weighted by atomic mass is 16.1. The van der Waals surface area contributed by atoms with Gasteiger partial charge in [-0.1, -0.05) is 48.0 Å². The summed E-state index contributed by atoms with van der Waals surface area (Å²) in [6.07, 6.45) is 0. The lowest BCUT2D eigenvalue weighted by Crippen LogP contribution is -2.27. The third-order valence-electron chi connectivity index (χ3n) is 3.89. The van der Waals surface area contributed by atoms with E-state index in [0.29, 0.717) is 13.1 Å². The summed E-state index contributed by atoms with van der Waals surface area (Å²) in [6.45, 7) is 5.01. The van der Waals surface area contributed by atoms with Gasteiger partial charge in [-0.2, -0.15) is 0 Å². The first-order chi connectivity index (χ1) is 10.6. The SMILES string of the molecule is Cc1cccc(CNC(=O)Cn2c(C)cc3ccccc32)c1. The zero-order valence-corrected chi connectivity index (χ0v) is 13.0. The fraction of sp³-hybridized carbons (Fsp3) is 0.211. The summed E-state index contributed by atoms with van der Waals surface area (Å²) in [6, 6.07) is 18.5. The standard InChI is InChI=1S/C19H20N2O/c1-14-6-5-7-16(10-14)12-20-19(22)13-21-15(2)11-17-8-3-4-9-18(17)21/h3-11H,12-13H2,1-2H3,(H,20,22). The number of carbonyl (C=O) groups is 1. The lowest BCUT2D eigenvalue weighted by Gasteiger charge is -2.10. The Morgan fingerprint density at radius 3 is 2.68 bits per heavy atom. The molecule has 3 nitrogen and oxygen atoms in total. The van der Waals surface area contributed by atoms with Crippen molar-refractivity contribution in [1.29, 1.82) is 0 Å². The van der Waals surface area contributed by atoms with Gasteiger partial charge < -0.3 is 9.88 Å². The molecule has 3 heteroatoms. The van der Waals surface area contributed by atoms with Crippen molar-refractivity contribution in [1.82, 2.24) is 9.88 Å². The van der Waals surface area contributed by atoms with Gasteiger partial charge in [0.2, 0.25) is 5.91 Å². The van der Waals surface area contributed by atoms with E-state index in [-0.39, 0.29) is 5.91 Å². The Balaban J connectivity index is 1.70. The van der Waals surface area contributed by atoms with Crippen LogP contribution in [0, 0.1) is 13.8 Å². The predicted molar refractivity (Wildman–Crippen MR) is 89.7 cm³/mol. The number of amides is 1. The van der Waals surface area contributed by atoms with E-state index in [1.807, 2.05) is 31.2 Å². The number of nitrogens with one attached hydrogen (secondary N) is 1. The zero-order valence-electron chi connectivity index (χ0n) is 13.0. The normalized spacial score (nSPS) is 10.8. The Bertz CT molecular complexity index is 817. The molecule has 0 aliphatic rings. The van der Waals surface area contributed by atoms with Crippen LogP contribution < -0.4 is 5.32 Å². The highest BCUT2D eigenvalue weighted by Crippen LogP contribution is 2.18. The molecule has 0 unspecified atom stereocenters. The second kappa shape index (κ2) is 6.06. The molecule has 0 saturated heterocycles. The van der Waals surface area contributed by atoms with E-state index in [1.165, 1.54) is 10.9 Å². The Hall–Kier alpha value is -2.55. The van der Waals surface area contributed by atoms with Crippen molar-refractivity contribution in [3.05, 3.63) is 71.4 Å². The number of aryl methyl sites for hydroxylation is 2. The van der Waals surface area contributed by atoms with Crippen LogP contribution in [0.1, 0.15) is 16.8 Å². The lowest BCUT2D eigenvalue weighted by molar-refractivity contribution is -0.121. The van der Waals surface area contributed by atoms with E-state index in [0.717, 1.165) is 16.8 Å². The van der Waals surface area contributed by atoms with Crippen LogP contribution >= 0.6 is 0 Å². The van der Waals surface area contributed by atoms with Crippen LogP contribution in [-0.2, 0) is 17.9 Å². The van der Waals surface area contributed by atoms with Crippen molar-refractivity contribution in [2.24, 2.45) is 0 Å². The summed E-state index contributed by atoms with van der Waals surface area (Å²) in [5, 5.41) is 4.17. The number of nitrogens with zero attached hydrogens (tertiary/aromatic N) is 1. The number of aromatic nitrogens is 1. The fourth-order valence-corrected chi connectivity index (χ4v) is 2.78. The lowest BCUT2D eigenvalue weighted by atomic mass is 10.1. The van der Waals surface area contributed by atoms with Gasteiger partial charge in [-0.25, -0.2) is 0 Å². The Kier molecular flexibility index (Phi) is 3.96. The summed E-state index contributed by atoms with van der Waals surface area (Å²) < 4.78 is 2.06. The van der Waals surface area contributed by atoms with E-state index in [2.05, 4.69) is 47.1 Å². The van der Waals surface area contributed by atoms with E-state index in [9.17, 15) is 4.79 Å². The first-order valence-electron chi connectivity index (χ1n) is 7.50. The number of hydrogen-bond acceptors (Lipinski definition) is 1. The van der Waals surface area contributed by atoms with Crippen LogP contribution in [0.3, 0.4) is 0 Å². The number of benzene rings is 2. The zero-order chi connectivity index (χ0) is 15.5. The predicted octanol–water partition coefficient (Wildman–Crippen LogP) is 3.57. The van der Waals surface area contributed by atoms with Crippen LogP contribution in [0.5, 0.6) is 0 Å². The van der Waals surface area contributed by atoms with Gasteiger partial charge in [0, 0.05) is 17.8 Å². The number of rotatable bonds is 4. The van der Waals surface area contributed by atoms with Crippen molar-refractivity contribution >= 4 is 16.8 Å². The van der Waals surface area contributed by atoms with E-state index in [1.54, 1.807) is 0 Å². The van der Waals surface area contributed by atoms with Gasteiger partial charge >= 0.3 is 0 Å². The summed E-state index contributed by atoms with van der Waals surface area (Å²) >= 11 is 0. The maximum atomic E-state index is 12.2. The second-order valence-electron chi connectivity index (χ2n) is 5.70. The van der Waals surface area contributed by atoms with Crippen molar-refractivity contribution < 1.29 is 4.79 Å². The number of hydrogen-bond donors (Lipinski definition) is 1. The molecule has 22 heavy (non-hydrogen) atoms. The maximum absolute atomic E-state index is 12.2. The summed E-state index contributed by atoms with van der Waals surface area (Å²) in [5.74, 6) is 0.0333. The van der Waals surface area contributed by atoms with Gasteiger partial charge in [0.05, 0.1) is 0 Å². The molecule has 0 bridgehead atoms. The Morgan fingerprint density at radius 1 is 1.05 bits per heavy atom. The molecular formula is C19H20N2O. The van der Waals surface area contributed by atoms with E-state index >= 15 is 0 Å². The number of carbonyl (C=O) groups excluding carboxylic acids is 1. The molecule has 0 fully saturated rings. The van der Waals surface area contributed by atoms with Gasteiger partial charge in [-0.05, 0) is 36.9 Å². The summed E-state index contributed by atoms with van der Waals surface area (Å²) in [4.78, 5) is 12.2. The highest BCUT2D eigenvalue weighted by Gasteiger charge is 2.09. The molecule has 1 heterocycles. The van der Waals surface area contributed by atoms with Crippen molar-refractivity contribution in [2.45, 2.75) is 26.9 Å². The van der Waals surface area contributed by atoms with Crippen molar-refractivity contribution in [3.8, 4) is 0 Å². The molecular weight excluding hydrogens is 272 g/mol. The van der Waals surface area contributed by atoms with Gasteiger partial charge in [-0.15, -0.1) is 0 Å². The molecule has 3 rings (SSSR count). The van der Waals surface area contributed by atoms with Gasteiger partial charge in [0.25, 0.3) is 0 Å². The Morgan fingerprint density at radius 2 is 1.86 bits per heavy atom. The van der Waals surface area contributed by atoms with E-state index in [4.69, 9.17) is 0 Å². The largest absolute Gasteiger partial charge is 0.350 e. The van der Waals surface area contributed by atoms with E-state index < -0.39 is 0 Å². The van der Waals surface area contributed by atoms with Crippen LogP contribution in [0.4, 0.5) is 0 Å². The minimum atomic E-state index is 0.0333. The molecule has 0 radical (unpaired) electrons. The minimum Gasteiger partial charge on any atom is -0.350 e. The molecule has 1 amide bonds. The minimum absolute atomic E-state index is 0.0333. The smallest absolute Gasteiger partial charge is 0.240 e. The molecule has 0 spiro atoms. The Labute approximate surface area is 130 Å². The third-order valence-corrected chi connectivity index (χ3v) is 3.89. The monoisotopic (exact) mass is 292 g/mol. The molecule has 0 aliphatic carbocycles. The second-order valence-corrected chi connectivity index (χ2v) is 5.70. The molecule has 2 aromatic carbocycles. The molecule has 1 N–H and O–H groups in total. The average Bonchev–Trinajstić information content (AvgIpc) is 2.81. The summed E-state index contributed by atoms with van der Waals surface area (Å²) in [5.41, 5.74) is 4.54. The first-order valence-corrected chi connectivity index (χ1v) is 7.50. The highest BCUT2D eigenvalue weighted by molar-refractivity contribution is 5.84. The molecule has 0 aliphatic heterocycles. The fourth-order valence-electron chi connectivity index (χ4n) is 2.78. The molecule has 112 valence electrons. The maximum Gasteiger partial charge on any atom is 0.240 e. The van der Waals surface area contributed by atoms with Crippen molar-refractivity contribution in [3.63, 3.8) is 0 Å². The average molecular weight is 292 g/mol. The topological polar surface area (TPSA) is 34.0 Å². The molecule has 0 saturated carbocycles. The van der Waals surface area contributed by atoms with Crippen LogP contribution in [0.15, 0.2) is 54.6 Å². The van der Waals surface area contributed by atoms with Crippen LogP contribution in [0.2, 0.25) is 0 Å². The molecule has 3 aromatic rings. The quantitative estimate of drug-likeness (QED) is 0.783. The van der Waals surface area contributed by atoms with Crippen molar-refractivity contribution in [2.75, 3.05) is 0 Å². The molecule has 1 aromatic heterocycles. The van der Waals surface area contributed by atoms with Gasteiger partial charge in [-0.3, -0.25) is 4.79 Å².